The molecule has 7 heteroatoms. The summed E-state index contributed by atoms with van der Waals surface area (Å²) in [6, 6.07) is 10.3. The minimum atomic E-state index is 0.0262. The summed E-state index contributed by atoms with van der Waals surface area (Å²) < 4.78 is 7.19. The standard InChI is InChI=1S/C20H23N5O2/c1-14-19(15(2)27-23-14)20(26)24-12-6-9-17(24)10-11-18-22-21-13-25(18)16-7-4-3-5-8-16/h3-5,7-8,13,17H,6,9-12H2,1-2H3. The molecule has 1 aromatic carbocycles. The van der Waals surface area contributed by atoms with Crippen LogP contribution in [0.4, 0.5) is 0 Å². The number of benzene rings is 1. The van der Waals surface area contributed by atoms with Crippen molar-refractivity contribution in [3.05, 3.63) is 59.5 Å². The maximum atomic E-state index is 13.0. The van der Waals surface area contributed by atoms with Gasteiger partial charge in [-0.1, -0.05) is 23.4 Å². The third kappa shape index (κ3) is 3.37. The third-order valence-corrected chi connectivity index (χ3v) is 5.24. The molecule has 0 N–H and O–H groups in total. The highest BCUT2D eigenvalue weighted by atomic mass is 16.5. The highest BCUT2D eigenvalue weighted by molar-refractivity contribution is 5.96. The molecule has 1 atom stereocenters. The van der Waals surface area contributed by atoms with Crippen LogP contribution in [0.5, 0.6) is 0 Å². The second-order valence-corrected chi connectivity index (χ2v) is 6.99. The lowest BCUT2D eigenvalue weighted by Gasteiger charge is -2.24. The van der Waals surface area contributed by atoms with E-state index in [0.29, 0.717) is 17.0 Å². The Morgan fingerprint density at radius 1 is 1.26 bits per heavy atom. The largest absolute Gasteiger partial charge is 0.361 e. The molecule has 140 valence electrons. The molecular weight excluding hydrogens is 342 g/mol. The zero-order valence-electron chi connectivity index (χ0n) is 15.6. The Bertz CT molecular complexity index is 912. The van der Waals surface area contributed by atoms with Gasteiger partial charge in [0.2, 0.25) is 0 Å². The van der Waals surface area contributed by atoms with E-state index in [1.807, 2.05) is 46.7 Å². The molecule has 0 radical (unpaired) electrons. The molecule has 1 unspecified atom stereocenters. The number of hydrogen-bond donors (Lipinski definition) is 0. The van der Waals surface area contributed by atoms with E-state index in [9.17, 15) is 4.79 Å². The first-order chi connectivity index (χ1) is 13.1. The SMILES string of the molecule is Cc1noc(C)c1C(=O)N1CCCC1CCc1nncn1-c1ccccc1. The van der Waals surface area contributed by atoms with Crippen molar-refractivity contribution < 1.29 is 9.32 Å². The summed E-state index contributed by atoms with van der Waals surface area (Å²) in [4.78, 5) is 15.0. The van der Waals surface area contributed by atoms with Crippen LogP contribution in [0.15, 0.2) is 41.2 Å². The molecule has 0 spiro atoms. The molecule has 0 bridgehead atoms. The van der Waals surface area contributed by atoms with Crippen molar-refractivity contribution in [3.63, 3.8) is 0 Å². The number of aromatic nitrogens is 4. The molecule has 3 heterocycles. The third-order valence-electron chi connectivity index (χ3n) is 5.24. The molecule has 1 aliphatic heterocycles. The van der Waals surface area contributed by atoms with Gasteiger partial charge >= 0.3 is 0 Å². The van der Waals surface area contributed by atoms with Gasteiger partial charge in [-0.15, -0.1) is 10.2 Å². The van der Waals surface area contributed by atoms with Gasteiger partial charge in [-0.3, -0.25) is 9.36 Å². The van der Waals surface area contributed by atoms with Crippen LogP contribution in [0.3, 0.4) is 0 Å². The first-order valence-electron chi connectivity index (χ1n) is 9.33. The number of likely N-dealkylation sites (tertiary alicyclic amines) is 1. The molecule has 7 nitrogen and oxygen atoms in total. The van der Waals surface area contributed by atoms with E-state index in [4.69, 9.17) is 4.52 Å². The van der Waals surface area contributed by atoms with E-state index in [-0.39, 0.29) is 11.9 Å². The number of amides is 1. The predicted molar refractivity (Wildman–Crippen MR) is 99.7 cm³/mol. The average molecular weight is 365 g/mol. The first kappa shape index (κ1) is 17.5. The number of carbonyl (C=O) groups excluding carboxylic acids is 1. The summed E-state index contributed by atoms with van der Waals surface area (Å²) in [5.41, 5.74) is 2.31. The Labute approximate surface area is 158 Å². The summed E-state index contributed by atoms with van der Waals surface area (Å²) >= 11 is 0. The average Bonchev–Trinajstić information content (AvgIpc) is 3.40. The number of aryl methyl sites for hydroxylation is 3. The van der Waals surface area contributed by atoms with E-state index >= 15 is 0 Å². The van der Waals surface area contributed by atoms with Crippen LogP contribution in [-0.2, 0) is 6.42 Å². The monoisotopic (exact) mass is 365 g/mol. The van der Waals surface area contributed by atoms with Gasteiger partial charge in [-0.2, -0.15) is 0 Å². The molecule has 0 saturated carbocycles. The zero-order chi connectivity index (χ0) is 18.8. The number of carbonyl (C=O) groups is 1. The summed E-state index contributed by atoms with van der Waals surface area (Å²) in [6.45, 7) is 4.39. The van der Waals surface area contributed by atoms with Crippen molar-refractivity contribution in [1.29, 1.82) is 0 Å². The summed E-state index contributed by atoms with van der Waals surface area (Å²) in [5, 5.41) is 12.3. The van der Waals surface area contributed by atoms with E-state index in [1.54, 1.807) is 13.3 Å². The second-order valence-electron chi connectivity index (χ2n) is 6.99. The highest BCUT2D eigenvalue weighted by Crippen LogP contribution is 2.26. The normalized spacial score (nSPS) is 16.8. The minimum Gasteiger partial charge on any atom is -0.361 e. The van der Waals surface area contributed by atoms with Crippen LogP contribution in [0.1, 0.15) is 46.9 Å². The molecule has 3 aromatic rings. The predicted octanol–water partition coefficient (Wildman–Crippen LogP) is 3.11. The van der Waals surface area contributed by atoms with Crippen molar-refractivity contribution in [3.8, 4) is 5.69 Å². The zero-order valence-corrected chi connectivity index (χ0v) is 15.6. The van der Waals surface area contributed by atoms with Crippen molar-refractivity contribution in [2.24, 2.45) is 0 Å². The minimum absolute atomic E-state index is 0.0262. The fourth-order valence-corrected chi connectivity index (χ4v) is 3.86. The van der Waals surface area contributed by atoms with E-state index in [2.05, 4.69) is 15.4 Å². The van der Waals surface area contributed by atoms with Gasteiger partial charge in [0.1, 0.15) is 23.5 Å². The number of para-hydroxylation sites is 1. The van der Waals surface area contributed by atoms with Gasteiger partial charge in [0.15, 0.2) is 0 Å². The van der Waals surface area contributed by atoms with Gasteiger partial charge in [-0.05, 0) is 45.2 Å². The van der Waals surface area contributed by atoms with Crippen molar-refractivity contribution >= 4 is 5.91 Å². The van der Waals surface area contributed by atoms with Crippen LogP contribution >= 0.6 is 0 Å². The van der Waals surface area contributed by atoms with Crippen LogP contribution in [0.25, 0.3) is 5.69 Å². The molecule has 1 aliphatic rings. The Kier molecular flexibility index (Phi) is 4.75. The number of nitrogens with zero attached hydrogens (tertiary/aromatic N) is 5. The van der Waals surface area contributed by atoms with Gasteiger partial charge in [0.05, 0.1) is 5.69 Å². The summed E-state index contributed by atoms with van der Waals surface area (Å²) in [5.74, 6) is 1.53. The molecular formula is C20H23N5O2. The lowest BCUT2D eigenvalue weighted by molar-refractivity contribution is 0.0728. The van der Waals surface area contributed by atoms with E-state index in [1.165, 1.54) is 0 Å². The molecule has 0 aliphatic carbocycles. The smallest absolute Gasteiger partial charge is 0.259 e. The highest BCUT2D eigenvalue weighted by Gasteiger charge is 2.32. The van der Waals surface area contributed by atoms with Crippen molar-refractivity contribution in [2.75, 3.05) is 6.54 Å². The molecule has 4 rings (SSSR count). The van der Waals surface area contributed by atoms with Crippen LogP contribution in [-0.4, -0.2) is 43.3 Å². The molecule has 1 amide bonds. The van der Waals surface area contributed by atoms with Crippen molar-refractivity contribution in [2.45, 2.75) is 45.6 Å². The maximum Gasteiger partial charge on any atom is 0.259 e. The maximum absolute atomic E-state index is 13.0. The van der Waals surface area contributed by atoms with Crippen LogP contribution in [0.2, 0.25) is 0 Å². The van der Waals surface area contributed by atoms with Gasteiger partial charge in [-0.25, -0.2) is 0 Å². The summed E-state index contributed by atoms with van der Waals surface area (Å²) in [6.07, 6.45) is 5.40. The Hall–Kier alpha value is -2.96. The van der Waals surface area contributed by atoms with Gasteiger partial charge in [0.25, 0.3) is 5.91 Å². The Morgan fingerprint density at radius 3 is 2.81 bits per heavy atom. The fraction of sp³-hybridized carbons (Fsp3) is 0.400. The molecule has 1 saturated heterocycles. The van der Waals surface area contributed by atoms with Crippen molar-refractivity contribution in [1.82, 2.24) is 24.8 Å². The van der Waals surface area contributed by atoms with Gasteiger partial charge in [0, 0.05) is 24.7 Å². The second kappa shape index (κ2) is 7.34. The lowest BCUT2D eigenvalue weighted by atomic mass is 10.1. The van der Waals surface area contributed by atoms with E-state index < -0.39 is 0 Å². The fourth-order valence-electron chi connectivity index (χ4n) is 3.86. The lowest BCUT2D eigenvalue weighted by Crippen LogP contribution is -2.36. The van der Waals surface area contributed by atoms with Crippen LogP contribution < -0.4 is 0 Å². The topological polar surface area (TPSA) is 77.1 Å². The molecule has 27 heavy (non-hydrogen) atoms. The van der Waals surface area contributed by atoms with Crippen LogP contribution in [0, 0.1) is 13.8 Å². The molecule has 2 aromatic heterocycles. The quantitative estimate of drug-likeness (QED) is 0.694. The van der Waals surface area contributed by atoms with E-state index in [0.717, 1.165) is 43.7 Å². The Morgan fingerprint density at radius 2 is 2.07 bits per heavy atom. The summed E-state index contributed by atoms with van der Waals surface area (Å²) in [7, 11) is 0. The first-order valence-corrected chi connectivity index (χ1v) is 9.33. The van der Waals surface area contributed by atoms with Gasteiger partial charge < -0.3 is 9.42 Å². The number of hydrogen-bond acceptors (Lipinski definition) is 5. The Balaban J connectivity index is 1.47. The number of rotatable bonds is 5. The molecule has 1 fully saturated rings.